The third-order valence-corrected chi connectivity index (χ3v) is 7.28. The van der Waals surface area contributed by atoms with E-state index in [2.05, 4.69) is 29.0 Å². The number of hydrogen-bond acceptors (Lipinski definition) is 4. The van der Waals surface area contributed by atoms with Crippen molar-refractivity contribution in [3.8, 4) is 5.75 Å². The van der Waals surface area contributed by atoms with Crippen LogP contribution in [0.1, 0.15) is 53.7 Å². The van der Waals surface area contributed by atoms with Gasteiger partial charge in [0.25, 0.3) is 5.91 Å². The summed E-state index contributed by atoms with van der Waals surface area (Å²) in [5, 5.41) is 0. The van der Waals surface area contributed by atoms with Crippen LogP contribution in [0.4, 0.5) is 0 Å². The molecule has 0 radical (unpaired) electrons. The van der Waals surface area contributed by atoms with Gasteiger partial charge in [0.05, 0.1) is 20.3 Å². The van der Waals surface area contributed by atoms with Crippen LogP contribution in [-0.4, -0.2) is 66.1 Å². The molecule has 1 aliphatic rings. The Labute approximate surface area is 226 Å². The second-order valence-electron chi connectivity index (χ2n) is 9.88. The number of carbonyl (C=O) groups excluding carboxylic acids is 2. The molecule has 38 heavy (non-hydrogen) atoms. The fraction of sp³-hybridized carbons (Fsp3) is 0.419. The first-order chi connectivity index (χ1) is 18.6. The summed E-state index contributed by atoms with van der Waals surface area (Å²) in [7, 11) is 3.18. The van der Waals surface area contributed by atoms with E-state index in [-0.39, 0.29) is 24.4 Å². The number of aromatic nitrogens is 1. The summed E-state index contributed by atoms with van der Waals surface area (Å²) < 4.78 is 12.8. The van der Waals surface area contributed by atoms with Crippen molar-refractivity contribution < 1.29 is 19.1 Å². The smallest absolute Gasteiger partial charge is 0.254 e. The molecule has 0 unspecified atom stereocenters. The average molecular weight is 518 g/mol. The molecule has 1 saturated carbocycles. The molecule has 2 amide bonds. The Morgan fingerprint density at radius 1 is 0.947 bits per heavy atom. The van der Waals surface area contributed by atoms with Crippen molar-refractivity contribution in [2.24, 2.45) is 0 Å². The van der Waals surface area contributed by atoms with Gasteiger partial charge < -0.3 is 23.8 Å². The normalized spacial score (nSPS) is 13.7. The minimum Gasteiger partial charge on any atom is -0.497 e. The van der Waals surface area contributed by atoms with Crippen molar-refractivity contribution in [2.45, 2.75) is 51.2 Å². The van der Waals surface area contributed by atoms with E-state index in [0.29, 0.717) is 31.0 Å². The fourth-order valence-electron chi connectivity index (χ4n) is 5.16. The summed E-state index contributed by atoms with van der Waals surface area (Å²) >= 11 is 0. The van der Waals surface area contributed by atoms with Gasteiger partial charge in [0.1, 0.15) is 12.3 Å². The Morgan fingerprint density at radius 3 is 2.47 bits per heavy atom. The Kier molecular flexibility index (Phi) is 9.98. The minimum absolute atomic E-state index is 0.00922. The predicted molar refractivity (Wildman–Crippen MR) is 148 cm³/mol. The Morgan fingerprint density at radius 2 is 1.74 bits per heavy atom. The number of rotatable bonds is 12. The lowest BCUT2D eigenvalue weighted by atomic mass is 9.94. The number of methoxy groups -OCH3 is 2. The lowest BCUT2D eigenvalue weighted by Crippen LogP contribution is -2.48. The van der Waals surface area contributed by atoms with Crippen molar-refractivity contribution in [3.63, 3.8) is 0 Å². The molecule has 202 valence electrons. The van der Waals surface area contributed by atoms with E-state index >= 15 is 0 Å². The first kappa shape index (κ1) is 27.5. The summed E-state index contributed by atoms with van der Waals surface area (Å²) in [5.74, 6) is 0.374. The van der Waals surface area contributed by atoms with E-state index in [4.69, 9.17) is 9.47 Å². The van der Waals surface area contributed by atoms with Gasteiger partial charge in [0.2, 0.25) is 5.91 Å². The Hall–Kier alpha value is -3.58. The monoisotopic (exact) mass is 517 g/mol. The van der Waals surface area contributed by atoms with Crippen molar-refractivity contribution in [1.82, 2.24) is 14.4 Å². The number of ether oxygens (including phenoxy) is 2. The maximum absolute atomic E-state index is 13.9. The second-order valence-corrected chi connectivity index (χ2v) is 9.88. The summed E-state index contributed by atoms with van der Waals surface area (Å²) in [4.78, 5) is 31.0. The highest BCUT2D eigenvalue weighted by molar-refractivity contribution is 5.96. The molecule has 1 fully saturated rings. The molecule has 0 N–H and O–H groups in total. The van der Waals surface area contributed by atoms with E-state index in [1.807, 2.05) is 29.2 Å². The summed E-state index contributed by atoms with van der Waals surface area (Å²) in [6.07, 6.45) is 7.51. The molecule has 0 atom stereocenters. The van der Waals surface area contributed by atoms with Gasteiger partial charge >= 0.3 is 0 Å². The SMILES string of the molecule is COCCN(CC(=O)N(Cc1cccn1Cc1ccccc1)C1CCCCC1)C(=O)c1cccc(OC)c1. The number of amides is 2. The molecule has 4 rings (SSSR count). The van der Waals surface area contributed by atoms with E-state index in [1.54, 1.807) is 43.4 Å². The minimum atomic E-state index is -0.203. The van der Waals surface area contributed by atoms with E-state index < -0.39 is 0 Å². The molecule has 0 bridgehead atoms. The Balaban J connectivity index is 1.54. The molecule has 0 aliphatic heterocycles. The third-order valence-electron chi connectivity index (χ3n) is 7.28. The van der Waals surface area contributed by atoms with Crippen molar-refractivity contribution in [3.05, 3.63) is 89.7 Å². The zero-order chi connectivity index (χ0) is 26.7. The van der Waals surface area contributed by atoms with Crippen LogP contribution in [0.3, 0.4) is 0 Å². The quantitative estimate of drug-likeness (QED) is 0.339. The summed E-state index contributed by atoms with van der Waals surface area (Å²) in [6.45, 7) is 1.97. The first-order valence-corrected chi connectivity index (χ1v) is 13.5. The lowest BCUT2D eigenvalue weighted by molar-refractivity contribution is -0.135. The third kappa shape index (κ3) is 7.25. The van der Waals surface area contributed by atoms with E-state index in [0.717, 1.165) is 37.9 Å². The van der Waals surface area contributed by atoms with Gasteiger partial charge in [-0.3, -0.25) is 9.59 Å². The summed E-state index contributed by atoms with van der Waals surface area (Å²) in [6, 6.07) is 21.7. The highest BCUT2D eigenvalue weighted by Crippen LogP contribution is 2.25. The van der Waals surface area contributed by atoms with Crippen molar-refractivity contribution >= 4 is 11.8 Å². The van der Waals surface area contributed by atoms with Crippen LogP contribution in [0.2, 0.25) is 0 Å². The zero-order valence-corrected chi connectivity index (χ0v) is 22.6. The molecule has 0 spiro atoms. The maximum Gasteiger partial charge on any atom is 0.254 e. The van der Waals surface area contributed by atoms with E-state index in [9.17, 15) is 9.59 Å². The van der Waals surface area contributed by atoms with Gasteiger partial charge in [-0.25, -0.2) is 0 Å². The molecule has 2 aromatic carbocycles. The highest BCUT2D eigenvalue weighted by atomic mass is 16.5. The van der Waals surface area contributed by atoms with Gasteiger partial charge in [-0.1, -0.05) is 55.7 Å². The molecule has 1 heterocycles. The number of nitrogens with zero attached hydrogens (tertiary/aromatic N) is 3. The van der Waals surface area contributed by atoms with Crippen LogP contribution >= 0.6 is 0 Å². The lowest BCUT2D eigenvalue weighted by Gasteiger charge is -2.36. The van der Waals surface area contributed by atoms with Crippen molar-refractivity contribution in [2.75, 3.05) is 33.9 Å². The number of carbonyl (C=O) groups is 2. The van der Waals surface area contributed by atoms with Crippen LogP contribution in [0, 0.1) is 0 Å². The van der Waals surface area contributed by atoms with Crippen LogP contribution in [-0.2, 0) is 22.6 Å². The second kappa shape index (κ2) is 13.8. The molecule has 0 saturated heterocycles. The molecule has 7 heteroatoms. The topological polar surface area (TPSA) is 64.0 Å². The molecule has 3 aromatic rings. The van der Waals surface area contributed by atoms with Gasteiger partial charge in [0.15, 0.2) is 0 Å². The maximum atomic E-state index is 13.9. The van der Waals surface area contributed by atoms with Crippen LogP contribution in [0.15, 0.2) is 72.9 Å². The molecule has 1 aliphatic carbocycles. The Bertz CT molecular complexity index is 1170. The summed E-state index contributed by atoms with van der Waals surface area (Å²) in [5.41, 5.74) is 2.81. The molecular weight excluding hydrogens is 478 g/mol. The van der Waals surface area contributed by atoms with Gasteiger partial charge in [-0.2, -0.15) is 0 Å². The van der Waals surface area contributed by atoms with Gasteiger partial charge in [0, 0.05) is 43.7 Å². The first-order valence-electron chi connectivity index (χ1n) is 13.5. The largest absolute Gasteiger partial charge is 0.497 e. The zero-order valence-electron chi connectivity index (χ0n) is 22.6. The molecule has 7 nitrogen and oxygen atoms in total. The van der Waals surface area contributed by atoms with E-state index in [1.165, 1.54) is 12.0 Å². The van der Waals surface area contributed by atoms with Crippen LogP contribution in [0.5, 0.6) is 5.75 Å². The number of hydrogen-bond donors (Lipinski definition) is 0. The van der Waals surface area contributed by atoms with Crippen molar-refractivity contribution in [1.29, 1.82) is 0 Å². The molecule has 1 aromatic heterocycles. The number of benzene rings is 2. The average Bonchev–Trinajstić information content (AvgIpc) is 3.40. The highest BCUT2D eigenvalue weighted by Gasteiger charge is 2.29. The predicted octanol–water partition coefficient (Wildman–Crippen LogP) is 5.00. The van der Waals surface area contributed by atoms with Crippen LogP contribution in [0.25, 0.3) is 0 Å². The standard InChI is InChI=1S/C31H39N3O4/c1-37-20-19-33(31(36)26-13-9-17-29(21-26)38-2)24-30(35)34(27-14-7-4-8-15-27)23-28-16-10-18-32(28)22-25-11-5-3-6-12-25/h3,5-6,9-13,16-18,21,27H,4,7-8,14-15,19-20,22-24H2,1-2H3. The fourth-order valence-corrected chi connectivity index (χ4v) is 5.16. The van der Waals surface area contributed by atoms with Gasteiger partial charge in [-0.15, -0.1) is 0 Å². The molecular formula is C31H39N3O4. The van der Waals surface area contributed by atoms with Gasteiger partial charge in [-0.05, 0) is 48.7 Å². The van der Waals surface area contributed by atoms with Crippen LogP contribution < -0.4 is 4.74 Å².